The molecule has 2 aromatic rings. The van der Waals surface area contributed by atoms with Gasteiger partial charge < -0.3 is 15.3 Å². The van der Waals surface area contributed by atoms with Gasteiger partial charge in [-0.3, -0.25) is 9.89 Å². The fourth-order valence-electron chi connectivity index (χ4n) is 2.95. The smallest absolute Gasteiger partial charge is 0.220 e. The van der Waals surface area contributed by atoms with Gasteiger partial charge in [0.1, 0.15) is 6.33 Å². The van der Waals surface area contributed by atoms with Crippen LogP contribution in [0.15, 0.2) is 30.6 Å². The van der Waals surface area contributed by atoms with Gasteiger partial charge in [0, 0.05) is 37.5 Å². The molecule has 0 aliphatic carbocycles. The monoisotopic (exact) mass is 315 g/mol. The van der Waals surface area contributed by atoms with Crippen molar-refractivity contribution in [1.82, 2.24) is 25.4 Å². The first-order chi connectivity index (χ1) is 11.1. The zero-order valence-corrected chi connectivity index (χ0v) is 13.1. The number of aliphatic hydroxyl groups excluding tert-OH is 1. The molecule has 3 N–H and O–H groups in total. The number of nitrogens with one attached hydrogen (secondary N) is 2. The van der Waals surface area contributed by atoms with Crippen LogP contribution in [0.2, 0.25) is 0 Å². The number of β-amino-alcohol motifs (C(OH)–C–C–N with tert-alkyl or cyclic N) is 1. The lowest BCUT2D eigenvalue weighted by Gasteiger charge is -2.13. The van der Waals surface area contributed by atoms with Gasteiger partial charge in [0.05, 0.1) is 6.10 Å². The molecule has 0 saturated carbocycles. The number of aliphatic hydroxyl groups is 1. The van der Waals surface area contributed by atoms with Crippen molar-refractivity contribution >= 4 is 5.91 Å². The molecule has 0 radical (unpaired) electrons. The number of benzene rings is 1. The zero-order chi connectivity index (χ0) is 16.2. The van der Waals surface area contributed by atoms with E-state index in [2.05, 4.69) is 20.5 Å². The van der Waals surface area contributed by atoms with E-state index in [1.807, 2.05) is 36.2 Å². The van der Waals surface area contributed by atoms with Crippen LogP contribution in [-0.2, 0) is 11.3 Å². The van der Waals surface area contributed by atoms with Gasteiger partial charge in [-0.2, -0.15) is 5.10 Å². The van der Waals surface area contributed by atoms with Crippen LogP contribution in [0.25, 0.3) is 11.4 Å². The van der Waals surface area contributed by atoms with E-state index < -0.39 is 6.10 Å². The number of aromatic amines is 1. The summed E-state index contributed by atoms with van der Waals surface area (Å²) in [5, 5.41) is 19.5. The summed E-state index contributed by atoms with van der Waals surface area (Å²) in [6.45, 7) is 1.85. The van der Waals surface area contributed by atoms with Gasteiger partial charge in [-0.15, -0.1) is 0 Å². The molecule has 1 aliphatic rings. The Kier molecular flexibility index (Phi) is 4.68. The Morgan fingerprint density at radius 1 is 1.48 bits per heavy atom. The molecule has 0 bridgehead atoms. The normalized spacial score (nSPS) is 21.5. The summed E-state index contributed by atoms with van der Waals surface area (Å²) in [6, 6.07) is 7.79. The van der Waals surface area contributed by atoms with Crippen molar-refractivity contribution in [3.05, 3.63) is 36.2 Å². The van der Waals surface area contributed by atoms with Gasteiger partial charge in [-0.1, -0.05) is 18.2 Å². The highest BCUT2D eigenvalue weighted by molar-refractivity contribution is 5.76. The topological polar surface area (TPSA) is 94.1 Å². The van der Waals surface area contributed by atoms with Crippen LogP contribution in [0, 0.1) is 5.92 Å². The fraction of sp³-hybridized carbons (Fsp3) is 0.438. The molecule has 7 nitrogen and oxygen atoms in total. The minimum absolute atomic E-state index is 0.0144. The largest absolute Gasteiger partial charge is 0.391 e. The summed E-state index contributed by atoms with van der Waals surface area (Å²) in [5.74, 6) is 0.685. The van der Waals surface area contributed by atoms with Crippen LogP contribution in [0.4, 0.5) is 0 Å². The predicted octanol–water partition coefficient (Wildman–Crippen LogP) is 0.400. The number of amides is 1. The van der Waals surface area contributed by atoms with Crippen LogP contribution in [0.5, 0.6) is 0 Å². The van der Waals surface area contributed by atoms with Crippen molar-refractivity contribution in [2.75, 3.05) is 20.1 Å². The molecule has 1 aliphatic heterocycles. The minimum Gasteiger partial charge on any atom is -0.391 e. The van der Waals surface area contributed by atoms with Crippen molar-refractivity contribution in [3.8, 4) is 11.4 Å². The minimum atomic E-state index is -0.416. The van der Waals surface area contributed by atoms with Crippen LogP contribution in [-0.4, -0.2) is 57.3 Å². The second-order valence-corrected chi connectivity index (χ2v) is 6.06. The van der Waals surface area contributed by atoms with E-state index in [4.69, 9.17) is 0 Å². The van der Waals surface area contributed by atoms with E-state index in [1.165, 1.54) is 6.33 Å². The van der Waals surface area contributed by atoms with E-state index in [0.717, 1.165) is 17.7 Å². The fourth-order valence-corrected chi connectivity index (χ4v) is 2.95. The van der Waals surface area contributed by atoms with Gasteiger partial charge in [0.25, 0.3) is 0 Å². The molecule has 0 unspecified atom stereocenters. The van der Waals surface area contributed by atoms with Crippen LogP contribution in [0.1, 0.15) is 12.0 Å². The van der Waals surface area contributed by atoms with E-state index in [9.17, 15) is 9.90 Å². The van der Waals surface area contributed by atoms with E-state index in [-0.39, 0.29) is 11.8 Å². The first-order valence-corrected chi connectivity index (χ1v) is 7.70. The molecule has 0 spiro atoms. The highest BCUT2D eigenvalue weighted by Crippen LogP contribution is 2.19. The summed E-state index contributed by atoms with van der Waals surface area (Å²) in [5.41, 5.74) is 1.93. The van der Waals surface area contributed by atoms with Crippen LogP contribution < -0.4 is 5.32 Å². The Bertz CT molecular complexity index is 658. The third kappa shape index (κ3) is 3.94. The summed E-state index contributed by atoms with van der Waals surface area (Å²) in [6.07, 6.45) is 1.40. The van der Waals surface area contributed by atoms with Crippen molar-refractivity contribution in [2.45, 2.75) is 19.1 Å². The van der Waals surface area contributed by atoms with Crippen LogP contribution >= 0.6 is 0 Å². The average Bonchev–Trinajstić information content (AvgIpc) is 3.16. The molecule has 1 saturated heterocycles. The Labute approximate surface area is 134 Å². The number of rotatable bonds is 5. The van der Waals surface area contributed by atoms with E-state index in [0.29, 0.717) is 25.3 Å². The van der Waals surface area contributed by atoms with Crippen molar-refractivity contribution < 1.29 is 9.90 Å². The number of likely N-dealkylation sites (tertiary alicyclic amines) is 1. The molecule has 2 atom stereocenters. The Morgan fingerprint density at radius 3 is 3.04 bits per heavy atom. The van der Waals surface area contributed by atoms with E-state index >= 15 is 0 Å². The molecule has 2 heterocycles. The molecule has 122 valence electrons. The lowest BCUT2D eigenvalue weighted by molar-refractivity contribution is -0.122. The van der Waals surface area contributed by atoms with Crippen molar-refractivity contribution in [2.24, 2.45) is 5.92 Å². The maximum atomic E-state index is 12.1. The van der Waals surface area contributed by atoms with Gasteiger partial charge in [-0.25, -0.2) is 4.98 Å². The zero-order valence-electron chi connectivity index (χ0n) is 13.1. The van der Waals surface area contributed by atoms with Gasteiger partial charge in [0.2, 0.25) is 5.91 Å². The van der Waals surface area contributed by atoms with Gasteiger partial charge in [-0.05, 0) is 18.7 Å². The van der Waals surface area contributed by atoms with Crippen molar-refractivity contribution in [3.63, 3.8) is 0 Å². The number of H-pyrrole nitrogens is 1. The highest BCUT2D eigenvalue weighted by Gasteiger charge is 2.30. The lowest BCUT2D eigenvalue weighted by Crippen LogP contribution is -2.29. The molecule has 1 aromatic carbocycles. The number of hydrogen-bond donors (Lipinski definition) is 3. The summed E-state index contributed by atoms with van der Waals surface area (Å²) in [7, 11) is 1.95. The third-order valence-electron chi connectivity index (χ3n) is 4.14. The standard InChI is InChI=1S/C16H21N5O2/c1-21-8-13(14(22)9-21)6-15(23)17-7-11-3-2-4-12(5-11)16-18-10-19-20-16/h2-5,10,13-14,22H,6-9H2,1H3,(H,17,23)(H,18,19,20)/t13-,14-/m1/s1. The summed E-state index contributed by atoms with van der Waals surface area (Å²) < 4.78 is 0. The molecular formula is C16H21N5O2. The van der Waals surface area contributed by atoms with Gasteiger partial charge in [0.15, 0.2) is 5.82 Å². The van der Waals surface area contributed by atoms with Crippen LogP contribution in [0.3, 0.4) is 0 Å². The predicted molar refractivity (Wildman–Crippen MR) is 85.3 cm³/mol. The first-order valence-electron chi connectivity index (χ1n) is 7.70. The van der Waals surface area contributed by atoms with E-state index in [1.54, 1.807) is 0 Å². The Morgan fingerprint density at radius 2 is 2.35 bits per heavy atom. The Balaban J connectivity index is 1.54. The molecule has 3 rings (SSSR count). The first kappa shape index (κ1) is 15.6. The maximum Gasteiger partial charge on any atom is 0.220 e. The SMILES string of the molecule is CN1C[C@@H](CC(=O)NCc2cccc(-c3ncn[nH]3)c2)[C@H](O)C1. The Hall–Kier alpha value is -2.25. The van der Waals surface area contributed by atoms with Crippen molar-refractivity contribution in [1.29, 1.82) is 0 Å². The number of likely N-dealkylation sites (N-methyl/N-ethyl adjacent to an activating group) is 1. The number of hydrogen-bond acceptors (Lipinski definition) is 5. The van der Waals surface area contributed by atoms with Gasteiger partial charge >= 0.3 is 0 Å². The number of nitrogens with zero attached hydrogens (tertiary/aromatic N) is 3. The number of carbonyl (C=O) groups excluding carboxylic acids is 1. The quantitative estimate of drug-likeness (QED) is 0.742. The molecule has 1 aromatic heterocycles. The molecule has 1 amide bonds. The molecule has 23 heavy (non-hydrogen) atoms. The summed E-state index contributed by atoms with van der Waals surface area (Å²) in [4.78, 5) is 18.2. The number of aromatic nitrogens is 3. The second-order valence-electron chi connectivity index (χ2n) is 6.06. The number of carbonyl (C=O) groups is 1. The lowest BCUT2D eigenvalue weighted by atomic mass is 10.0. The average molecular weight is 315 g/mol. The summed E-state index contributed by atoms with van der Waals surface area (Å²) >= 11 is 0. The second kappa shape index (κ2) is 6.89. The maximum absolute atomic E-state index is 12.1. The highest BCUT2D eigenvalue weighted by atomic mass is 16.3. The molecule has 7 heteroatoms. The molecule has 1 fully saturated rings. The molecular weight excluding hydrogens is 294 g/mol. The third-order valence-corrected chi connectivity index (χ3v) is 4.14.